The van der Waals surface area contributed by atoms with Crippen molar-refractivity contribution in [2.24, 2.45) is 0 Å². The van der Waals surface area contributed by atoms with Gasteiger partial charge in [-0.3, -0.25) is 0 Å². The predicted molar refractivity (Wildman–Crippen MR) is 115 cm³/mol. The van der Waals surface area contributed by atoms with Crippen molar-refractivity contribution in [3.8, 4) is 11.8 Å². The minimum Gasteiger partial charge on any atom is -0.369 e. The standard InChI is InChI=1S/C25H23F3N2/c1-29(18-21-9-6-10-22(26)15-21)13-14-30(2)25-23(27)16-20(17-24(25)28)12-11-19-7-4-3-5-8-19/h3-10,15-17H,13-14,18H2,1-2H3. The maximum Gasteiger partial charge on any atom is 0.150 e. The maximum absolute atomic E-state index is 14.6. The second-order valence-electron chi connectivity index (χ2n) is 7.19. The van der Waals surface area contributed by atoms with Gasteiger partial charge < -0.3 is 9.80 Å². The van der Waals surface area contributed by atoms with Crippen molar-refractivity contribution in [1.29, 1.82) is 0 Å². The van der Waals surface area contributed by atoms with Crippen LogP contribution in [0.4, 0.5) is 18.9 Å². The molecule has 30 heavy (non-hydrogen) atoms. The number of hydrogen-bond acceptors (Lipinski definition) is 2. The Balaban J connectivity index is 1.64. The van der Waals surface area contributed by atoms with Crippen LogP contribution in [0.2, 0.25) is 0 Å². The summed E-state index contributed by atoms with van der Waals surface area (Å²) in [6, 6.07) is 18.2. The van der Waals surface area contributed by atoms with Gasteiger partial charge in [0, 0.05) is 37.8 Å². The molecule has 0 aliphatic rings. The zero-order valence-electron chi connectivity index (χ0n) is 17.0. The van der Waals surface area contributed by atoms with E-state index in [4.69, 9.17) is 0 Å². The molecule has 0 N–H and O–H groups in total. The SMILES string of the molecule is CN(CCN(C)c1c(F)cc(C#Cc2ccccc2)cc1F)Cc1cccc(F)c1. The van der Waals surface area contributed by atoms with E-state index in [2.05, 4.69) is 11.8 Å². The molecule has 0 bridgehead atoms. The summed E-state index contributed by atoms with van der Waals surface area (Å²) in [5.74, 6) is 4.12. The maximum atomic E-state index is 14.6. The van der Waals surface area contributed by atoms with Gasteiger partial charge in [0.1, 0.15) is 11.5 Å². The highest BCUT2D eigenvalue weighted by atomic mass is 19.1. The second-order valence-corrected chi connectivity index (χ2v) is 7.19. The van der Waals surface area contributed by atoms with E-state index in [-0.39, 0.29) is 17.1 Å². The first kappa shape index (κ1) is 21.5. The van der Waals surface area contributed by atoms with Gasteiger partial charge in [-0.15, -0.1) is 0 Å². The summed E-state index contributed by atoms with van der Waals surface area (Å²) in [6.45, 7) is 1.51. The first-order valence-corrected chi connectivity index (χ1v) is 9.62. The summed E-state index contributed by atoms with van der Waals surface area (Å²) in [6.07, 6.45) is 0. The van der Waals surface area contributed by atoms with E-state index in [1.165, 1.54) is 24.3 Å². The van der Waals surface area contributed by atoms with Crippen LogP contribution in [0.3, 0.4) is 0 Å². The van der Waals surface area contributed by atoms with Gasteiger partial charge in [0.05, 0.1) is 0 Å². The molecule has 0 heterocycles. The van der Waals surface area contributed by atoms with E-state index in [1.807, 2.05) is 48.3 Å². The van der Waals surface area contributed by atoms with Crippen LogP contribution in [0.15, 0.2) is 66.7 Å². The fourth-order valence-electron chi connectivity index (χ4n) is 3.13. The van der Waals surface area contributed by atoms with Gasteiger partial charge in [0.25, 0.3) is 0 Å². The molecule has 0 radical (unpaired) electrons. The molecule has 0 saturated carbocycles. The highest BCUT2D eigenvalue weighted by molar-refractivity contribution is 5.54. The molecule has 0 spiro atoms. The predicted octanol–water partition coefficient (Wildman–Crippen LogP) is 5.07. The number of likely N-dealkylation sites (N-methyl/N-ethyl adjacent to an activating group) is 2. The van der Waals surface area contributed by atoms with Crippen molar-refractivity contribution in [1.82, 2.24) is 4.90 Å². The molecule has 154 valence electrons. The summed E-state index contributed by atoms with van der Waals surface area (Å²) in [5, 5.41) is 0. The molecule has 0 fully saturated rings. The molecule has 0 aliphatic carbocycles. The largest absolute Gasteiger partial charge is 0.369 e. The third-order valence-corrected chi connectivity index (χ3v) is 4.68. The number of benzene rings is 3. The van der Waals surface area contributed by atoms with Crippen molar-refractivity contribution in [2.75, 3.05) is 32.1 Å². The lowest BCUT2D eigenvalue weighted by molar-refractivity contribution is 0.333. The Kier molecular flexibility index (Phi) is 7.16. The van der Waals surface area contributed by atoms with E-state index >= 15 is 0 Å². The molecule has 3 rings (SSSR count). The van der Waals surface area contributed by atoms with Gasteiger partial charge in [-0.05, 0) is 49.0 Å². The average Bonchev–Trinajstić information content (AvgIpc) is 2.71. The Morgan fingerprint density at radius 1 is 0.733 bits per heavy atom. The van der Waals surface area contributed by atoms with Gasteiger partial charge in [-0.1, -0.05) is 42.2 Å². The Hall–Kier alpha value is -3.23. The number of hydrogen-bond donors (Lipinski definition) is 0. The molecule has 0 saturated heterocycles. The van der Waals surface area contributed by atoms with Crippen LogP contribution in [-0.2, 0) is 6.54 Å². The van der Waals surface area contributed by atoms with Crippen LogP contribution >= 0.6 is 0 Å². The lowest BCUT2D eigenvalue weighted by Crippen LogP contribution is -2.31. The summed E-state index contributed by atoms with van der Waals surface area (Å²) < 4.78 is 42.5. The number of halogens is 3. The normalized spacial score (nSPS) is 10.6. The molecule has 0 atom stereocenters. The molecule has 0 aliphatic heterocycles. The Morgan fingerprint density at radius 3 is 2.07 bits per heavy atom. The van der Waals surface area contributed by atoms with Crippen molar-refractivity contribution in [3.63, 3.8) is 0 Å². The summed E-state index contributed by atoms with van der Waals surface area (Å²) in [4.78, 5) is 3.52. The van der Waals surface area contributed by atoms with Gasteiger partial charge in [0.15, 0.2) is 11.6 Å². The van der Waals surface area contributed by atoms with Gasteiger partial charge in [-0.25, -0.2) is 13.2 Å². The van der Waals surface area contributed by atoms with Crippen LogP contribution in [0.5, 0.6) is 0 Å². The summed E-state index contributed by atoms with van der Waals surface area (Å²) in [7, 11) is 3.53. The molecule has 0 aromatic heterocycles. The lowest BCUT2D eigenvalue weighted by atomic mass is 10.1. The van der Waals surface area contributed by atoms with E-state index in [0.29, 0.717) is 19.6 Å². The molecular formula is C25H23F3N2. The molecular weight excluding hydrogens is 385 g/mol. The second kappa shape index (κ2) is 10.00. The molecule has 2 nitrogen and oxygen atoms in total. The van der Waals surface area contributed by atoms with Crippen molar-refractivity contribution in [2.45, 2.75) is 6.54 Å². The minimum absolute atomic E-state index is 0.0839. The molecule has 5 heteroatoms. The fraction of sp³-hybridized carbons (Fsp3) is 0.200. The van der Waals surface area contributed by atoms with Gasteiger partial charge >= 0.3 is 0 Å². The summed E-state index contributed by atoms with van der Waals surface area (Å²) in [5.41, 5.74) is 1.83. The third kappa shape index (κ3) is 5.88. The monoisotopic (exact) mass is 408 g/mol. The van der Waals surface area contributed by atoms with Crippen molar-refractivity contribution >= 4 is 5.69 Å². The molecule has 0 unspecified atom stereocenters. The van der Waals surface area contributed by atoms with E-state index in [0.717, 1.165) is 11.1 Å². The molecule has 0 amide bonds. The molecule has 3 aromatic carbocycles. The van der Waals surface area contributed by atoms with Gasteiger partial charge in [-0.2, -0.15) is 0 Å². The van der Waals surface area contributed by atoms with E-state index < -0.39 is 11.6 Å². The van der Waals surface area contributed by atoms with E-state index in [9.17, 15) is 13.2 Å². The van der Waals surface area contributed by atoms with Crippen molar-refractivity contribution < 1.29 is 13.2 Å². The average molecular weight is 408 g/mol. The molecule has 3 aromatic rings. The highest BCUT2D eigenvalue weighted by Crippen LogP contribution is 2.24. The first-order chi connectivity index (χ1) is 14.4. The van der Waals surface area contributed by atoms with Gasteiger partial charge in [0.2, 0.25) is 0 Å². The number of anilines is 1. The minimum atomic E-state index is -0.650. The Morgan fingerprint density at radius 2 is 1.40 bits per heavy atom. The zero-order chi connectivity index (χ0) is 21.5. The Bertz CT molecular complexity index is 1030. The Labute approximate surface area is 175 Å². The fourth-order valence-corrected chi connectivity index (χ4v) is 3.13. The quantitative estimate of drug-likeness (QED) is 0.526. The van der Waals surface area contributed by atoms with Crippen LogP contribution in [0.1, 0.15) is 16.7 Å². The number of nitrogens with zero attached hydrogens (tertiary/aromatic N) is 2. The number of rotatable bonds is 6. The topological polar surface area (TPSA) is 6.48 Å². The van der Waals surface area contributed by atoms with E-state index in [1.54, 1.807) is 18.0 Å². The first-order valence-electron chi connectivity index (χ1n) is 9.62. The van der Waals surface area contributed by atoms with Crippen LogP contribution < -0.4 is 4.90 Å². The van der Waals surface area contributed by atoms with Crippen molar-refractivity contribution in [3.05, 3.63) is 101 Å². The lowest BCUT2D eigenvalue weighted by Gasteiger charge is -2.24. The van der Waals surface area contributed by atoms with Crippen LogP contribution in [-0.4, -0.2) is 32.1 Å². The van der Waals surface area contributed by atoms with Crippen LogP contribution in [0, 0.1) is 29.3 Å². The third-order valence-electron chi connectivity index (χ3n) is 4.68. The highest BCUT2D eigenvalue weighted by Gasteiger charge is 2.15. The van der Waals surface area contributed by atoms with Crippen LogP contribution in [0.25, 0.3) is 0 Å². The smallest absolute Gasteiger partial charge is 0.150 e. The summed E-state index contributed by atoms with van der Waals surface area (Å²) >= 11 is 0. The zero-order valence-corrected chi connectivity index (χ0v) is 17.0.